The van der Waals surface area contributed by atoms with Crippen LogP contribution in [0, 0.1) is 0 Å². The molecule has 398 valence electrons. The number of fused-ring (bicyclic) bond motifs is 2. The van der Waals surface area contributed by atoms with Gasteiger partial charge in [-0.15, -0.1) is 0 Å². The van der Waals surface area contributed by atoms with E-state index in [1.54, 1.807) is 25.7 Å². The lowest BCUT2D eigenvalue weighted by Crippen LogP contribution is -2.31. The SMILES string of the molecule is CC(=O)OC(=O)C(F)(F)F.CCC(=O)N1CC[C@H](N)C1.CCC(=O)N1CC[C@H](Nc2ncnc3c2nc(C(F)(F)F)n3CC)C1.CCNc1ncnc(Cl)c1N.CCn1c(C(F)(F)F)nc2c(Cl)ncnc21. The summed E-state index contributed by atoms with van der Waals surface area (Å²) in [6, 6.07) is 0.144. The summed E-state index contributed by atoms with van der Waals surface area (Å²) in [6.07, 6.45) is -7.77. The summed E-state index contributed by atoms with van der Waals surface area (Å²) in [4.78, 5) is 76.0. The number of likely N-dealkylation sites (tertiary alicyclic amines) is 2. The minimum absolute atomic E-state index is 0.0293. The average molecular weight is 1080 g/mol. The van der Waals surface area contributed by atoms with Gasteiger partial charge in [0.05, 0.1) is 0 Å². The number of ether oxygens (including phenoxy) is 1. The minimum Gasteiger partial charge on any atom is -0.393 e. The molecule has 6 N–H and O–H groups in total. The van der Waals surface area contributed by atoms with Crippen molar-refractivity contribution in [2.75, 3.05) is 49.1 Å². The largest absolute Gasteiger partial charge is 0.491 e. The second-order valence-corrected chi connectivity index (χ2v) is 15.7. The molecule has 0 unspecified atom stereocenters. The Morgan fingerprint density at radius 2 is 1.17 bits per heavy atom. The number of amides is 2. The molecule has 0 spiro atoms. The molecule has 2 amide bonds. The van der Waals surface area contributed by atoms with Crippen LogP contribution in [0.4, 0.5) is 56.8 Å². The average Bonchev–Trinajstić information content (AvgIpc) is 4.13. The third-order valence-electron chi connectivity index (χ3n) is 9.87. The van der Waals surface area contributed by atoms with Gasteiger partial charge in [0.2, 0.25) is 23.5 Å². The summed E-state index contributed by atoms with van der Waals surface area (Å²) in [5.74, 6) is -4.61. The van der Waals surface area contributed by atoms with E-state index in [9.17, 15) is 58.7 Å². The highest BCUT2D eigenvalue weighted by Crippen LogP contribution is 2.34. The number of nitrogens with zero attached hydrogens (tertiary/aromatic N) is 12. The number of nitrogen functional groups attached to an aromatic ring is 1. The van der Waals surface area contributed by atoms with Crippen LogP contribution in [0.2, 0.25) is 10.3 Å². The van der Waals surface area contributed by atoms with Gasteiger partial charge in [-0.3, -0.25) is 14.4 Å². The quantitative estimate of drug-likeness (QED) is 0.0555. The lowest BCUT2D eigenvalue weighted by atomic mass is 10.2. The zero-order chi connectivity index (χ0) is 54.3. The van der Waals surface area contributed by atoms with Gasteiger partial charge in [-0.1, -0.05) is 37.0 Å². The van der Waals surface area contributed by atoms with E-state index in [0.717, 1.165) is 41.5 Å². The maximum absolute atomic E-state index is 13.2. The minimum atomic E-state index is -5.09. The van der Waals surface area contributed by atoms with Gasteiger partial charge in [-0.2, -0.15) is 39.5 Å². The Morgan fingerprint density at radius 1 is 0.694 bits per heavy atom. The molecule has 0 radical (unpaired) electrons. The number of hydrogen-bond donors (Lipinski definition) is 4. The van der Waals surface area contributed by atoms with Crippen LogP contribution in [0.15, 0.2) is 19.0 Å². The monoisotopic (exact) mass is 1080 g/mol. The molecule has 0 aromatic carbocycles. The van der Waals surface area contributed by atoms with Crippen molar-refractivity contribution >= 4 is 86.6 Å². The van der Waals surface area contributed by atoms with Crippen LogP contribution in [0.1, 0.15) is 78.9 Å². The Bertz CT molecular complexity index is 2630. The van der Waals surface area contributed by atoms with Crippen molar-refractivity contribution in [1.82, 2.24) is 58.8 Å². The molecular formula is C40H51Cl2F9N16O5. The van der Waals surface area contributed by atoms with Crippen molar-refractivity contribution in [3.63, 3.8) is 0 Å². The number of imidazole rings is 2. The summed E-state index contributed by atoms with van der Waals surface area (Å²) >= 11 is 11.3. The highest BCUT2D eigenvalue weighted by molar-refractivity contribution is 6.33. The normalized spacial score (nSPS) is 15.5. The number of carbonyl (C=O) groups is 4. The van der Waals surface area contributed by atoms with E-state index < -0.39 is 42.1 Å². The van der Waals surface area contributed by atoms with E-state index in [1.165, 1.54) is 12.7 Å². The zero-order valence-electron chi connectivity index (χ0n) is 39.4. The number of anilines is 3. The standard InChI is InChI=1S/C15H19F3N6O.C8H6ClF3N4.C7H14N2O.C6H9ClN4.C4H3F3O3/c1-3-10(25)23-6-5-9(7-23)21-12-11-13(20-8-19-12)24(4-2)14(22-11)15(16,17)18;1-2-16-6-4(5(9)13-3-14-6)15-7(16)8(10,11)12;1-2-7(10)9-4-3-6(8)5-9;1-2-9-6-4(8)5(7)10-3-11-6;1-2(8)10-3(9)4(5,6)7/h8-9H,3-7H2,1-2H3,(H,19,20,21);3H,2H2,1H3;6H,2-5,8H2,1H3;3H,2,8H2,1H3,(H,9,10,11);1H3/t9-;;6-;;/m0.0../s1. The first kappa shape index (κ1) is 59.9. The fraction of sp³-hybridized carbons (Fsp3) is 0.550. The van der Waals surface area contributed by atoms with Crippen molar-refractivity contribution in [3.05, 3.63) is 40.9 Å². The van der Waals surface area contributed by atoms with Crippen molar-refractivity contribution < 1.29 is 63.4 Å². The molecule has 72 heavy (non-hydrogen) atoms. The van der Waals surface area contributed by atoms with Crippen molar-refractivity contribution in [2.24, 2.45) is 5.73 Å². The first-order valence-corrected chi connectivity index (χ1v) is 22.5. The molecule has 0 saturated carbocycles. The smallest absolute Gasteiger partial charge is 0.393 e. The fourth-order valence-corrected chi connectivity index (χ4v) is 6.92. The van der Waals surface area contributed by atoms with Crippen LogP contribution in [0.25, 0.3) is 22.3 Å². The van der Waals surface area contributed by atoms with Crippen LogP contribution < -0.4 is 22.1 Å². The summed E-state index contributed by atoms with van der Waals surface area (Å²) in [7, 11) is 0. The summed E-state index contributed by atoms with van der Waals surface area (Å²) in [5.41, 5.74) is 11.9. The number of carbonyl (C=O) groups excluding carboxylic acids is 4. The molecule has 2 saturated heterocycles. The van der Waals surface area contributed by atoms with Crippen LogP contribution in [0.5, 0.6) is 0 Å². The second kappa shape index (κ2) is 26.3. The Morgan fingerprint density at radius 3 is 1.62 bits per heavy atom. The highest BCUT2D eigenvalue weighted by atomic mass is 35.5. The number of aryl methyl sites for hydroxylation is 2. The second-order valence-electron chi connectivity index (χ2n) is 15.0. The Hall–Kier alpha value is -6.43. The first-order chi connectivity index (χ1) is 33.6. The van der Waals surface area contributed by atoms with Crippen LogP contribution in [0.3, 0.4) is 0 Å². The molecule has 5 aromatic heterocycles. The molecule has 2 aliphatic rings. The van der Waals surface area contributed by atoms with Crippen molar-refractivity contribution in [3.8, 4) is 0 Å². The number of nitrogens with two attached hydrogens (primary N) is 2. The van der Waals surface area contributed by atoms with E-state index >= 15 is 0 Å². The summed E-state index contributed by atoms with van der Waals surface area (Å²) in [6.45, 7) is 13.2. The molecule has 21 nitrogen and oxygen atoms in total. The maximum atomic E-state index is 13.2. The van der Waals surface area contributed by atoms with Gasteiger partial charge in [0.25, 0.3) is 0 Å². The number of rotatable bonds is 8. The zero-order valence-corrected chi connectivity index (χ0v) is 40.9. The van der Waals surface area contributed by atoms with Gasteiger partial charge >= 0.3 is 30.5 Å². The van der Waals surface area contributed by atoms with Gasteiger partial charge in [0, 0.05) is 77.7 Å². The molecule has 2 fully saturated rings. The number of halogens is 11. The van der Waals surface area contributed by atoms with Gasteiger partial charge in [-0.05, 0) is 33.6 Å². The van der Waals surface area contributed by atoms with Crippen LogP contribution in [-0.2, 0) is 49.4 Å². The van der Waals surface area contributed by atoms with Crippen molar-refractivity contribution in [2.45, 2.75) is 111 Å². The van der Waals surface area contributed by atoms with E-state index in [1.807, 2.05) is 18.7 Å². The number of aromatic nitrogens is 10. The van der Waals surface area contributed by atoms with Gasteiger partial charge in [0.1, 0.15) is 30.2 Å². The molecular weight excluding hydrogens is 1030 g/mol. The molecule has 7 heterocycles. The predicted octanol–water partition coefficient (Wildman–Crippen LogP) is 6.54. The lowest BCUT2D eigenvalue weighted by Gasteiger charge is -2.16. The van der Waals surface area contributed by atoms with Gasteiger partial charge in [-0.25, -0.2) is 44.7 Å². The number of nitrogens with one attached hydrogen (secondary N) is 2. The topological polar surface area (TPSA) is 273 Å². The number of esters is 2. The van der Waals surface area contributed by atoms with Crippen LogP contribution in [-0.4, -0.2) is 134 Å². The fourth-order valence-electron chi connectivity index (χ4n) is 6.61. The maximum Gasteiger partial charge on any atom is 0.491 e. The summed E-state index contributed by atoms with van der Waals surface area (Å²) in [5, 5.41) is 6.28. The third kappa shape index (κ3) is 16.6. The molecule has 32 heteroatoms. The molecule has 7 rings (SSSR count). The lowest BCUT2D eigenvalue weighted by molar-refractivity contribution is -0.201. The van der Waals surface area contributed by atoms with E-state index in [-0.39, 0.29) is 75.4 Å². The Balaban J connectivity index is 0.000000252. The highest BCUT2D eigenvalue weighted by Gasteiger charge is 2.42. The first-order valence-electron chi connectivity index (χ1n) is 21.7. The molecule has 2 aliphatic heterocycles. The molecule has 2 atom stereocenters. The number of alkyl halides is 9. The summed E-state index contributed by atoms with van der Waals surface area (Å²) < 4.78 is 116. The van der Waals surface area contributed by atoms with E-state index in [4.69, 9.17) is 34.7 Å². The van der Waals surface area contributed by atoms with Crippen LogP contribution >= 0.6 is 23.2 Å². The molecule has 0 bridgehead atoms. The number of hydrogen-bond acceptors (Lipinski definition) is 17. The molecule has 0 aliphatic carbocycles. The van der Waals surface area contributed by atoms with E-state index in [0.29, 0.717) is 50.8 Å². The third-order valence-corrected chi connectivity index (χ3v) is 10.4. The van der Waals surface area contributed by atoms with Gasteiger partial charge < -0.3 is 45.8 Å². The van der Waals surface area contributed by atoms with Crippen molar-refractivity contribution in [1.29, 1.82) is 0 Å². The predicted molar refractivity (Wildman–Crippen MR) is 244 cm³/mol. The van der Waals surface area contributed by atoms with E-state index in [2.05, 4.69) is 55.2 Å². The Kier molecular flexibility index (Phi) is 21.9. The molecule has 5 aromatic rings. The van der Waals surface area contributed by atoms with Gasteiger partial charge in [0.15, 0.2) is 38.8 Å². The Labute approximate surface area is 414 Å².